The average Bonchev–Trinajstić information content (AvgIpc) is 2.99. The largest absolute Gasteiger partial charge is 0.481 e. The minimum atomic E-state index is -1.30. The van der Waals surface area contributed by atoms with Gasteiger partial charge in [0.15, 0.2) is 0 Å². The molecular formula is C19H22O6. The van der Waals surface area contributed by atoms with Gasteiger partial charge in [0.2, 0.25) is 0 Å². The molecular weight excluding hydrogens is 324 g/mol. The van der Waals surface area contributed by atoms with E-state index in [1.165, 1.54) is 0 Å². The molecule has 5 aliphatic rings. The normalized spacial score (nSPS) is 58.0. The van der Waals surface area contributed by atoms with Gasteiger partial charge in [-0.25, -0.2) is 0 Å². The van der Waals surface area contributed by atoms with E-state index in [4.69, 9.17) is 4.74 Å². The maximum absolute atomic E-state index is 12.7. The number of rotatable bonds is 1. The molecule has 6 heteroatoms. The standard InChI is InChI=1S/C19H22O6/c1-8-6-18-7-9(8)5-10(20)13(18)19-4-3-11(21)17(2,16(24)25-19)14(19)12(18)15(22)23/h3-4,9-14,20-21H,1,5-7H2,2H3,(H,22,23). The summed E-state index contributed by atoms with van der Waals surface area (Å²) < 4.78 is 5.83. The molecule has 3 N–H and O–H groups in total. The minimum Gasteiger partial charge on any atom is -0.481 e. The number of aliphatic hydroxyl groups excluding tert-OH is 2. The van der Waals surface area contributed by atoms with Crippen molar-refractivity contribution in [2.75, 3.05) is 0 Å². The van der Waals surface area contributed by atoms with Crippen LogP contribution in [-0.4, -0.2) is 45.1 Å². The van der Waals surface area contributed by atoms with Gasteiger partial charge in [0.05, 0.1) is 18.1 Å². The highest BCUT2D eigenvalue weighted by Crippen LogP contribution is 2.76. The highest BCUT2D eigenvalue weighted by Gasteiger charge is 2.83. The SMILES string of the molecule is C=C1CC23CC1CC(O)C2C12C=CC(O)C(C)(C(=O)O1)C2C3C(=O)O. The molecule has 25 heavy (non-hydrogen) atoms. The molecule has 3 saturated carbocycles. The van der Waals surface area contributed by atoms with Crippen LogP contribution in [0.2, 0.25) is 0 Å². The molecule has 0 aromatic heterocycles. The maximum atomic E-state index is 12.7. The lowest BCUT2D eigenvalue weighted by Crippen LogP contribution is -2.52. The zero-order chi connectivity index (χ0) is 17.9. The highest BCUT2D eigenvalue weighted by atomic mass is 16.6. The first kappa shape index (κ1) is 15.6. The number of ether oxygens (including phenoxy) is 1. The molecule has 4 bridgehead atoms. The van der Waals surface area contributed by atoms with Gasteiger partial charge in [0.25, 0.3) is 0 Å². The molecule has 4 fully saturated rings. The third-order valence-electron chi connectivity index (χ3n) is 7.99. The Balaban J connectivity index is 1.81. The summed E-state index contributed by atoms with van der Waals surface area (Å²) >= 11 is 0. The van der Waals surface area contributed by atoms with Crippen LogP contribution < -0.4 is 0 Å². The van der Waals surface area contributed by atoms with Crippen LogP contribution in [-0.2, 0) is 14.3 Å². The molecule has 4 aliphatic carbocycles. The quantitative estimate of drug-likeness (QED) is 0.481. The van der Waals surface area contributed by atoms with E-state index in [9.17, 15) is 24.9 Å². The van der Waals surface area contributed by atoms with Crippen molar-refractivity contribution in [2.24, 2.45) is 34.5 Å². The summed E-state index contributed by atoms with van der Waals surface area (Å²) in [6, 6.07) is 0. The van der Waals surface area contributed by atoms with E-state index in [1.54, 1.807) is 19.1 Å². The third-order valence-corrected chi connectivity index (χ3v) is 7.99. The van der Waals surface area contributed by atoms with Crippen LogP contribution in [0.3, 0.4) is 0 Å². The Labute approximate surface area is 145 Å². The third kappa shape index (κ3) is 1.40. The van der Waals surface area contributed by atoms with Crippen molar-refractivity contribution in [3.8, 4) is 0 Å². The molecule has 6 nitrogen and oxygen atoms in total. The van der Waals surface area contributed by atoms with E-state index in [0.717, 1.165) is 5.57 Å². The summed E-state index contributed by atoms with van der Waals surface area (Å²) in [5, 5.41) is 31.6. The molecule has 0 aromatic rings. The summed E-state index contributed by atoms with van der Waals surface area (Å²) in [7, 11) is 0. The predicted molar refractivity (Wildman–Crippen MR) is 85.1 cm³/mol. The van der Waals surface area contributed by atoms with E-state index in [2.05, 4.69) is 6.58 Å². The monoisotopic (exact) mass is 346 g/mol. The fourth-order valence-electron chi connectivity index (χ4n) is 7.22. The first-order chi connectivity index (χ1) is 11.7. The Hall–Kier alpha value is -1.66. The van der Waals surface area contributed by atoms with E-state index in [1.807, 2.05) is 0 Å². The lowest BCUT2D eigenvalue weighted by Gasteiger charge is -2.45. The molecule has 9 atom stereocenters. The second kappa shape index (κ2) is 4.18. The van der Waals surface area contributed by atoms with Gasteiger partial charge in [-0.15, -0.1) is 0 Å². The number of carbonyl (C=O) groups is 2. The van der Waals surface area contributed by atoms with Gasteiger partial charge in [0, 0.05) is 11.8 Å². The zero-order valence-electron chi connectivity index (χ0n) is 14.0. The molecule has 1 heterocycles. The predicted octanol–water partition coefficient (Wildman–Crippen LogP) is 0.883. The second-order valence-electron chi connectivity index (χ2n) is 8.87. The summed E-state index contributed by atoms with van der Waals surface area (Å²) in [4.78, 5) is 25.1. The lowest BCUT2D eigenvalue weighted by atomic mass is 9.61. The fourth-order valence-corrected chi connectivity index (χ4v) is 7.22. The van der Waals surface area contributed by atoms with Crippen LogP contribution in [0.25, 0.3) is 0 Å². The summed E-state index contributed by atoms with van der Waals surface area (Å²) in [6.07, 6.45) is 3.08. The van der Waals surface area contributed by atoms with Crippen LogP contribution in [0.15, 0.2) is 24.3 Å². The molecule has 0 amide bonds. The molecule has 9 unspecified atom stereocenters. The molecule has 1 saturated heterocycles. The highest BCUT2D eigenvalue weighted by molar-refractivity contribution is 5.86. The number of carboxylic acid groups (broad SMARTS) is 1. The van der Waals surface area contributed by atoms with E-state index < -0.39 is 58.3 Å². The average molecular weight is 346 g/mol. The summed E-state index contributed by atoms with van der Waals surface area (Å²) in [6.45, 7) is 5.73. The van der Waals surface area contributed by atoms with Gasteiger partial charge in [-0.1, -0.05) is 18.2 Å². The van der Waals surface area contributed by atoms with Crippen molar-refractivity contribution in [1.82, 2.24) is 0 Å². The van der Waals surface area contributed by atoms with Gasteiger partial charge in [-0.2, -0.15) is 0 Å². The van der Waals surface area contributed by atoms with Gasteiger partial charge in [-0.3, -0.25) is 9.59 Å². The number of allylic oxidation sites excluding steroid dienone is 1. The number of esters is 1. The number of carboxylic acids is 1. The van der Waals surface area contributed by atoms with E-state index in [0.29, 0.717) is 19.3 Å². The van der Waals surface area contributed by atoms with Gasteiger partial charge >= 0.3 is 11.9 Å². The van der Waals surface area contributed by atoms with Crippen molar-refractivity contribution in [2.45, 2.75) is 44.0 Å². The van der Waals surface area contributed by atoms with Crippen LogP contribution in [0.4, 0.5) is 0 Å². The van der Waals surface area contributed by atoms with Crippen molar-refractivity contribution < 1.29 is 29.6 Å². The number of aliphatic carboxylic acids is 1. The van der Waals surface area contributed by atoms with E-state index >= 15 is 0 Å². The van der Waals surface area contributed by atoms with Crippen LogP contribution >= 0.6 is 0 Å². The Morgan fingerprint density at radius 2 is 2.08 bits per heavy atom. The molecule has 5 rings (SSSR count). The van der Waals surface area contributed by atoms with Crippen LogP contribution in [0, 0.1) is 34.5 Å². The number of aliphatic hydroxyl groups is 2. The molecule has 134 valence electrons. The van der Waals surface area contributed by atoms with E-state index in [-0.39, 0.29) is 5.92 Å². The van der Waals surface area contributed by atoms with Gasteiger partial charge < -0.3 is 20.1 Å². The summed E-state index contributed by atoms with van der Waals surface area (Å²) in [5.74, 6) is -3.45. The molecule has 0 radical (unpaired) electrons. The number of hydrogen-bond acceptors (Lipinski definition) is 5. The zero-order valence-corrected chi connectivity index (χ0v) is 14.0. The Morgan fingerprint density at radius 1 is 1.36 bits per heavy atom. The smallest absolute Gasteiger partial charge is 0.316 e. The second-order valence-corrected chi connectivity index (χ2v) is 8.87. The Morgan fingerprint density at radius 3 is 2.76 bits per heavy atom. The number of fused-ring (bicyclic) bond motifs is 1. The minimum absolute atomic E-state index is 0.112. The number of hydrogen-bond donors (Lipinski definition) is 3. The topological polar surface area (TPSA) is 104 Å². The molecule has 1 aliphatic heterocycles. The van der Waals surface area contributed by atoms with Crippen molar-refractivity contribution >= 4 is 11.9 Å². The molecule has 0 aromatic carbocycles. The summed E-state index contributed by atoms with van der Waals surface area (Å²) in [5.41, 5.74) is -2.14. The maximum Gasteiger partial charge on any atom is 0.316 e. The number of carbonyl (C=O) groups excluding carboxylic acids is 1. The first-order valence-electron chi connectivity index (χ1n) is 8.88. The Bertz CT molecular complexity index is 757. The van der Waals surface area contributed by atoms with Crippen molar-refractivity contribution in [1.29, 1.82) is 0 Å². The van der Waals surface area contributed by atoms with Gasteiger partial charge in [-0.05, 0) is 43.6 Å². The van der Waals surface area contributed by atoms with Crippen LogP contribution in [0.1, 0.15) is 26.2 Å². The first-order valence-corrected chi connectivity index (χ1v) is 8.88. The van der Waals surface area contributed by atoms with Crippen molar-refractivity contribution in [3.05, 3.63) is 24.3 Å². The Kier molecular flexibility index (Phi) is 2.60. The molecule has 1 spiro atoms. The lowest BCUT2D eigenvalue weighted by molar-refractivity contribution is -0.166. The van der Waals surface area contributed by atoms with Crippen LogP contribution in [0.5, 0.6) is 0 Å². The van der Waals surface area contributed by atoms with Gasteiger partial charge in [0.1, 0.15) is 11.0 Å². The van der Waals surface area contributed by atoms with Crippen molar-refractivity contribution in [3.63, 3.8) is 0 Å². The fraction of sp³-hybridized carbons (Fsp3) is 0.684.